The molecule has 2 aromatic carbocycles. The minimum atomic E-state index is -3.70. The molecule has 0 saturated carbocycles. The van der Waals surface area contributed by atoms with E-state index in [9.17, 15) is 13.2 Å². The van der Waals surface area contributed by atoms with E-state index < -0.39 is 10.0 Å². The van der Waals surface area contributed by atoms with Crippen LogP contribution >= 0.6 is 0 Å². The first-order chi connectivity index (χ1) is 15.8. The van der Waals surface area contributed by atoms with Gasteiger partial charge in [-0.05, 0) is 37.1 Å². The van der Waals surface area contributed by atoms with Crippen molar-refractivity contribution in [3.63, 3.8) is 0 Å². The highest BCUT2D eigenvalue weighted by Gasteiger charge is 2.32. The molecule has 10 heteroatoms. The number of ether oxygens (including phenoxy) is 4. The third-order valence-corrected chi connectivity index (χ3v) is 7.66. The van der Waals surface area contributed by atoms with Gasteiger partial charge in [0.1, 0.15) is 11.5 Å². The fraction of sp³-hybridized carbons (Fsp3) is 0.435. The standard InChI is InChI=1S/C23H30N2O7S/c1-29-18-6-5-17(21(13-18)31-3)15-24-23(26)16-9-11-25(12-10-16)33(27,28)19-7-8-20(30-2)22(14-19)32-4/h5-8,13-14,16H,9-12,15H2,1-4H3,(H,24,26). The molecule has 1 fully saturated rings. The van der Waals surface area contributed by atoms with Crippen LogP contribution in [0.3, 0.4) is 0 Å². The zero-order valence-electron chi connectivity index (χ0n) is 19.3. The lowest BCUT2D eigenvalue weighted by Crippen LogP contribution is -2.42. The molecule has 1 heterocycles. The van der Waals surface area contributed by atoms with E-state index >= 15 is 0 Å². The molecule has 0 aliphatic carbocycles. The molecule has 0 bridgehead atoms. The Balaban J connectivity index is 1.59. The fourth-order valence-corrected chi connectivity index (χ4v) is 5.29. The van der Waals surface area contributed by atoms with Crippen molar-refractivity contribution >= 4 is 15.9 Å². The van der Waals surface area contributed by atoms with Gasteiger partial charge in [0.2, 0.25) is 15.9 Å². The monoisotopic (exact) mass is 478 g/mol. The predicted molar refractivity (Wildman–Crippen MR) is 122 cm³/mol. The van der Waals surface area contributed by atoms with E-state index in [-0.39, 0.29) is 29.8 Å². The lowest BCUT2D eigenvalue weighted by molar-refractivity contribution is -0.126. The summed E-state index contributed by atoms with van der Waals surface area (Å²) in [6, 6.07) is 9.93. The van der Waals surface area contributed by atoms with E-state index in [0.717, 1.165) is 5.56 Å². The molecule has 0 atom stereocenters. The van der Waals surface area contributed by atoms with Gasteiger partial charge in [0.15, 0.2) is 11.5 Å². The van der Waals surface area contributed by atoms with Crippen LogP contribution in [0.1, 0.15) is 18.4 Å². The normalized spacial score (nSPS) is 15.0. The van der Waals surface area contributed by atoms with Crippen LogP contribution < -0.4 is 24.3 Å². The van der Waals surface area contributed by atoms with Crippen LogP contribution in [-0.4, -0.2) is 60.2 Å². The molecule has 1 saturated heterocycles. The maximum Gasteiger partial charge on any atom is 0.243 e. The van der Waals surface area contributed by atoms with Gasteiger partial charge in [-0.2, -0.15) is 4.31 Å². The zero-order valence-corrected chi connectivity index (χ0v) is 20.1. The van der Waals surface area contributed by atoms with Crippen molar-refractivity contribution in [2.24, 2.45) is 5.92 Å². The number of hydrogen-bond acceptors (Lipinski definition) is 7. The minimum absolute atomic E-state index is 0.101. The molecule has 2 aromatic rings. The van der Waals surface area contributed by atoms with Crippen molar-refractivity contribution in [3.8, 4) is 23.0 Å². The lowest BCUT2D eigenvalue weighted by atomic mass is 9.97. The molecule has 1 N–H and O–H groups in total. The quantitative estimate of drug-likeness (QED) is 0.590. The van der Waals surface area contributed by atoms with Crippen molar-refractivity contribution in [2.75, 3.05) is 41.5 Å². The van der Waals surface area contributed by atoms with Gasteiger partial charge in [0.05, 0.1) is 33.3 Å². The summed E-state index contributed by atoms with van der Waals surface area (Å²) in [7, 11) is 2.39. The molecular weight excluding hydrogens is 448 g/mol. The number of amides is 1. The van der Waals surface area contributed by atoms with Crippen LogP contribution in [0.15, 0.2) is 41.3 Å². The molecule has 0 spiro atoms. The van der Waals surface area contributed by atoms with Crippen LogP contribution in [-0.2, 0) is 21.4 Å². The lowest BCUT2D eigenvalue weighted by Gasteiger charge is -2.30. The molecular formula is C23H30N2O7S. The highest BCUT2D eigenvalue weighted by Crippen LogP contribution is 2.32. The Hall–Kier alpha value is -2.98. The summed E-state index contributed by atoms with van der Waals surface area (Å²) >= 11 is 0. The predicted octanol–water partition coefficient (Wildman–Crippen LogP) is 2.44. The van der Waals surface area contributed by atoms with Crippen LogP contribution in [0.5, 0.6) is 23.0 Å². The summed E-state index contributed by atoms with van der Waals surface area (Å²) in [5.41, 5.74) is 0.833. The van der Waals surface area contributed by atoms with Gasteiger partial charge in [-0.1, -0.05) is 0 Å². The van der Waals surface area contributed by atoms with E-state index in [0.29, 0.717) is 42.4 Å². The molecule has 0 radical (unpaired) electrons. The first kappa shape index (κ1) is 24.7. The Bertz CT molecular complexity index is 1080. The highest BCUT2D eigenvalue weighted by atomic mass is 32.2. The van der Waals surface area contributed by atoms with Gasteiger partial charge < -0.3 is 24.3 Å². The van der Waals surface area contributed by atoms with E-state index in [1.165, 1.54) is 30.7 Å². The van der Waals surface area contributed by atoms with Crippen molar-refractivity contribution < 1.29 is 32.2 Å². The molecule has 9 nitrogen and oxygen atoms in total. The number of carbonyl (C=O) groups excluding carboxylic acids is 1. The third kappa shape index (κ3) is 5.51. The Morgan fingerprint density at radius 2 is 1.58 bits per heavy atom. The Morgan fingerprint density at radius 1 is 0.909 bits per heavy atom. The molecule has 3 rings (SSSR count). The summed E-state index contributed by atoms with van der Waals surface area (Å²) in [5, 5.41) is 2.94. The van der Waals surface area contributed by atoms with Crippen LogP contribution in [0.4, 0.5) is 0 Å². The number of methoxy groups -OCH3 is 4. The molecule has 0 aromatic heterocycles. The number of rotatable bonds is 9. The van der Waals surface area contributed by atoms with Gasteiger partial charge in [0.25, 0.3) is 0 Å². The summed E-state index contributed by atoms with van der Waals surface area (Å²) < 4.78 is 48.5. The fourth-order valence-electron chi connectivity index (χ4n) is 3.81. The number of nitrogens with zero attached hydrogens (tertiary/aromatic N) is 1. The first-order valence-corrected chi connectivity index (χ1v) is 12.0. The molecule has 33 heavy (non-hydrogen) atoms. The van der Waals surface area contributed by atoms with E-state index in [4.69, 9.17) is 18.9 Å². The largest absolute Gasteiger partial charge is 0.497 e. The zero-order chi connectivity index (χ0) is 24.0. The van der Waals surface area contributed by atoms with Crippen molar-refractivity contribution in [1.82, 2.24) is 9.62 Å². The van der Waals surface area contributed by atoms with Crippen LogP contribution in [0.2, 0.25) is 0 Å². The Morgan fingerprint density at radius 3 is 2.18 bits per heavy atom. The maximum atomic E-state index is 13.1. The number of hydrogen-bond donors (Lipinski definition) is 1. The molecule has 0 unspecified atom stereocenters. The number of sulfonamides is 1. The Labute approximate surface area is 194 Å². The second-order valence-electron chi connectivity index (χ2n) is 7.59. The average molecular weight is 479 g/mol. The number of carbonyl (C=O) groups is 1. The van der Waals surface area contributed by atoms with Crippen molar-refractivity contribution in [1.29, 1.82) is 0 Å². The van der Waals surface area contributed by atoms with E-state index in [1.807, 2.05) is 12.1 Å². The third-order valence-electron chi connectivity index (χ3n) is 5.76. The average Bonchev–Trinajstić information content (AvgIpc) is 2.86. The molecule has 1 aliphatic heterocycles. The number of piperidine rings is 1. The number of nitrogens with one attached hydrogen (secondary N) is 1. The molecule has 180 valence electrons. The van der Waals surface area contributed by atoms with E-state index in [1.54, 1.807) is 26.4 Å². The van der Waals surface area contributed by atoms with Crippen molar-refractivity contribution in [2.45, 2.75) is 24.3 Å². The summed E-state index contributed by atoms with van der Waals surface area (Å²) in [4.78, 5) is 12.8. The SMILES string of the molecule is COc1ccc(CNC(=O)C2CCN(S(=O)(=O)c3ccc(OC)c(OC)c3)CC2)c(OC)c1. The van der Waals surface area contributed by atoms with Crippen molar-refractivity contribution in [3.05, 3.63) is 42.0 Å². The van der Waals surface area contributed by atoms with Gasteiger partial charge in [-0.15, -0.1) is 0 Å². The minimum Gasteiger partial charge on any atom is -0.497 e. The summed E-state index contributed by atoms with van der Waals surface area (Å²) in [5.74, 6) is 1.75. The maximum absolute atomic E-state index is 13.1. The second-order valence-corrected chi connectivity index (χ2v) is 9.53. The molecule has 1 aliphatic rings. The smallest absolute Gasteiger partial charge is 0.243 e. The van der Waals surface area contributed by atoms with Crippen LogP contribution in [0, 0.1) is 5.92 Å². The van der Waals surface area contributed by atoms with Gasteiger partial charge in [-0.25, -0.2) is 8.42 Å². The second kappa shape index (κ2) is 10.8. The summed E-state index contributed by atoms with van der Waals surface area (Å²) in [6.45, 7) is 0.845. The van der Waals surface area contributed by atoms with Gasteiger partial charge in [-0.3, -0.25) is 4.79 Å². The Kier molecular flexibility index (Phi) is 8.04. The number of benzene rings is 2. The molecule has 1 amide bonds. The van der Waals surface area contributed by atoms with E-state index in [2.05, 4.69) is 5.32 Å². The topological polar surface area (TPSA) is 103 Å². The van der Waals surface area contributed by atoms with Gasteiger partial charge in [0, 0.05) is 43.2 Å². The van der Waals surface area contributed by atoms with Gasteiger partial charge >= 0.3 is 0 Å². The first-order valence-electron chi connectivity index (χ1n) is 10.5. The van der Waals surface area contributed by atoms with Crippen LogP contribution in [0.25, 0.3) is 0 Å². The highest BCUT2D eigenvalue weighted by molar-refractivity contribution is 7.89. The summed E-state index contributed by atoms with van der Waals surface area (Å²) in [6.07, 6.45) is 0.885.